The molecule has 1 aliphatic rings. The van der Waals surface area contributed by atoms with Crippen LogP contribution in [0.15, 0.2) is 36.4 Å². The number of aliphatic hydroxyl groups excluding tert-OH is 1. The highest BCUT2D eigenvalue weighted by molar-refractivity contribution is 5.84. The summed E-state index contributed by atoms with van der Waals surface area (Å²) in [5, 5.41) is 11.3. The molecule has 1 fully saturated rings. The van der Waals surface area contributed by atoms with Crippen LogP contribution >= 0.6 is 0 Å². The van der Waals surface area contributed by atoms with E-state index >= 15 is 0 Å². The Morgan fingerprint density at radius 1 is 1.04 bits per heavy atom. The maximum absolute atomic E-state index is 12.7. The van der Waals surface area contributed by atoms with Crippen LogP contribution in [0.2, 0.25) is 0 Å². The lowest BCUT2D eigenvalue weighted by Gasteiger charge is -2.30. The van der Waals surface area contributed by atoms with Gasteiger partial charge in [-0.2, -0.15) is 13.2 Å². The van der Waals surface area contributed by atoms with E-state index in [1.807, 2.05) is 36.4 Å². The van der Waals surface area contributed by atoms with Crippen molar-refractivity contribution >= 4 is 10.8 Å². The lowest BCUT2D eigenvalue weighted by atomic mass is 9.87. The van der Waals surface area contributed by atoms with Gasteiger partial charge >= 0.3 is 6.18 Å². The highest BCUT2D eigenvalue weighted by atomic mass is 19.4. The first-order valence-electron chi connectivity index (χ1n) is 8.86. The molecule has 1 saturated carbocycles. The molecule has 1 aliphatic carbocycles. The number of nitrogens with two attached hydrogens (primary N) is 1. The third-order valence-electron chi connectivity index (χ3n) is 5.24. The fourth-order valence-corrected chi connectivity index (χ4v) is 3.44. The van der Waals surface area contributed by atoms with Gasteiger partial charge in [-0.05, 0) is 67.1 Å². The quantitative estimate of drug-likeness (QED) is 0.836. The van der Waals surface area contributed by atoms with Crippen molar-refractivity contribution in [1.29, 1.82) is 0 Å². The topological polar surface area (TPSA) is 55.5 Å². The Labute approximate surface area is 151 Å². The molecule has 0 aromatic heterocycles. The van der Waals surface area contributed by atoms with Crippen LogP contribution < -0.4 is 10.5 Å². The van der Waals surface area contributed by atoms with Gasteiger partial charge in [0.05, 0.1) is 24.2 Å². The van der Waals surface area contributed by atoms with Crippen LogP contribution in [0.4, 0.5) is 13.2 Å². The van der Waals surface area contributed by atoms with Crippen LogP contribution in [0.25, 0.3) is 10.8 Å². The molecule has 3 N–H and O–H groups in total. The Morgan fingerprint density at radius 3 is 2.27 bits per heavy atom. The number of benzene rings is 2. The van der Waals surface area contributed by atoms with E-state index in [0.29, 0.717) is 18.6 Å². The molecule has 3 rings (SSSR count). The second-order valence-corrected chi connectivity index (χ2v) is 7.43. The van der Waals surface area contributed by atoms with Gasteiger partial charge in [0.2, 0.25) is 0 Å². The van der Waals surface area contributed by atoms with Crippen molar-refractivity contribution in [2.75, 3.05) is 6.61 Å². The van der Waals surface area contributed by atoms with Gasteiger partial charge in [0.25, 0.3) is 0 Å². The Balaban J connectivity index is 1.69. The third kappa shape index (κ3) is 4.13. The summed E-state index contributed by atoms with van der Waals surface area (Å²) in [6.45, 7) is 1.61. The van der Waals surface area contributed by atoms with Crippen LogP contribution in [0.5, 0.6) is 5.75 Å². The highest BCUT2D eigenvalue weighted by Crippen LogP contribution is 2.38. The summed E-state index contributed by atoms with van der Waals surface area (Å²) < 4.78 is 44.2. The van der Waals surface area contributed by atoms with Gasteiger partial charge in [0.1, 0.15) is 5.75 Å². The molecule has 3 nitrogen and oxygen atoms in total. The molecule has 0 radical (unpaired) electrons. The van der Waals surface area contributed by atoms with Crippen LogP contribution in [-0.4, -0.2) is 24.0 Å². The minimum atomic E-state index is -4.10. The van der Waals surface area contributed by atoms with E-state index in [-0.39, 0.29) is 25.6 Å². The fourth-order valence-electron chi connectivity index (χ4n) is 3.44. The number of alkyl halides is 3. The van der Waals surface area contributed by atoms with Gasteiger partial charge in [-0.1, -0.05) is 18.2 Å². The van der Waals surface area contributed by atoms with E-state index in [1.54, 1.807) is 6.92 Å². The minimum absolute atomic E-state index is 0.126. The molecule has 26 heavy (non-hydrogen) atoms. The van der Waals surface area contributed by atoms with Gasteiger partial charge in [-0.3, -0.25) is 0 Å². The van der Waals surface area contributed by atoms with Crippen LogP contribution in [0, 0.1) is 5.92 Å². The molecule has 0 heterocycles. The fraction of sp³-hybridized carbons (Fsp3) is 0.500. The summed E-state index contributed by atoms with van der Waals surface area (Å²) in [7, 11) is 0. The van der Waals surface area contributed by atoms with E-state index in [9.17, 15) is 18.3 Å². The molecular weight excluding hydrogens is 343 g/mol. The van der Waals surface area contributed by atoms with Crippen molar-refractivity contribution in [2.24, 2.45) is 11.7 Å². The number of hydrogen-bond donors (Lipinski definition) is 2. The average molecular weight is 367 g/mol. The summed E-state index contributed by atoms with van der Waals surface area (Å²) in [5.41, 5.74) is 6.10. The number of hydrogen-bond acceptors (Lipinski definition) is 3. The van der Waals surface area contributed by atoms with Crippen LogP contribution in [0.1, 0.15) is 38.2 Å². The number of rotatable bonds is 4. The van der Waals surface area contributed by atoms with Crippen LogP contribution in [0.3, 0.4) is 0 Å². The predicted molar refractivity (Wildman–Crippen MR) is 95.0 cm³/mol. The summed E-state index contributed by atoms with van der Waals surface area (Å²) in [4.78, 5) is 0. The zero-order valence-corrected chi connectivity index (χ0v) is 14.7. The standard InChI is InChI=1S/C20H24F3NO2/c1-19(24,12-25)16-4-2-14-11-18(7-3-13(14)10-16)26-17-8-5-15(6-9-17)20(21,22)23/h2-4,7,10-11,15,17,25H,5-6,8-9,12,24H2,1H3. The largest absolute Gasteiger partial charge is 0.490 e. The molecule has 142 valence electrons. The molecule has 0 saturated heterocycles. The first-order valence-corrected chi connectivity index (χ1v) is 8.86. The van der Waals surface area contributed by atoms with Crippen molar-refractivity contribution in [1.82, 2.24) is 0 Å². The lowest BCUT2D eigenvalue weighted by molar-refractivity contribution is -0.185. The molecule has 2 aromatic carbocycles. The van der Waals surface area contributed by atoms with Crippen molar-refractivity contribution < 1.29 is 23.0 Å². The minimum Gasteiger partial charge on any atom is -0.490 e. The van der Waals surface area contributed by atoms with E-state index < -0.39 is 17.6 Å². The molecular formula is C20H24F3NO2. The number of aliphatic hydroxyl groups is 1. The molecule has 1 unspecified atom stereocenters. The molecule has 6 heteroatoms. The van der Waals surface area contributed by atoms with Crippen molar-refractivity contribution in [2.45, 2.75) is 50.4 Å². The van der Waals surface area contributed by atoms with Gasteiger partial charge < -0.3 is 15.6 Å². The molecule has 1 atom stereocenters. The van der Waals surface area contributed by atoms with E-state index in [1.165, 1.54) is 0 Å². The monoisotopic (exact) mass is 367 g/mol. The predicted octanol–water partition coefficient (Wildman–Crippen LogP) is 4.51. The lowest BCUT2D eigenvalue weighted by Crippen LogP contribution is -2.36. The Kier molecular flexibility index (Phi) is 5.17. The molecule has 0 bridgehead atoms. The third-order valence-corrected chi connectivity index (χ3v) is 5.24. The van der Waals surface area contributed by atoms with Gasteiger partial charge in [0.15, 0.2) is 0 Å². The average Bonchev–Trinajstić information content (AvgIpc) is 2.61. The summed E-state index contributed by atoms with van der Waals surface area (Å²) in [5.74, 6) is -0.534. The Hall–Kier alpha value is -1.79. The van der Waals surface area contributed by atoms with Crippen molar-refractivity contribution in [3.8, 4) is 5.75 Å². The zero-order valence-electron chi connectivity index (χ0n) is 14.7. The highest BCUT2D eigenvalue weighted by Gasteiger charge is 2.41. The first kappa shape index (κ1) is 19.0. The SMILES string of the molecule is CC(N)(CO)c1ccc2cc(OC3CCC(C(F)(F)F)CC3)ccc2c1. The number of fused-ring (bicyclic) bond motifs is 1. The second-order valence-electron chi connectivity index (χ2n) is 7.43. The molecule has 0 aliphatic heterocycles. The number of halogens is 3. The maximum Gasteiger partial charge on any atom is 0.391 e. The summed E-state index contributed by atoms with van der Waals surface area (Å²) >= 11 is 0. The molecule has 2 aromatic rings. The molecule has 0 amide bonds. The van der Waals surface area contributed by atoms with Crippen molar-refractivity contribution in [3.05, 3.63) is 42.0 Å². The summed E-state index contributed by atoms with van der Waals surface area (Å²) in [6.07, 6.45) is -3.18. The van der Waals surface area contributed by atoms with E-state index in [4.69, 9.17) is 10.5 Å². The maximum atomic E-state index is 12.7. The number of ether oxygens (including phenoxy) is 1. The Morgan fingerprint density at radius 2 is 1.65 bits per heavy atom. The van der Waals surface area contributed by atoms with Crippen LogP contribution in [-0.2, 0) is 5.54 Å². The van der Waals surface area contributed by atoms with Gasteiger partial charge in [0, 0.05) is 0 Å². The first-order chi connectivity index (χ1) is 12.2. The van der Waals surface area contributed by atoms with Crippen molar-refractivity contribution in [3.63, 3.8) is 0 Å². The van der Waals surface area contributed by atoms with Gasteiger partial charge in [-0.25, -0.2) is 0 Å². The van der Waals surface area contributed by atoms with E-state index in [2.05, 4.69) is 0 Å². The summed E-state index contributed by atoms with van der Waals surface area (Å²) in [6, 6.07) is 11.3. The van der Waals surface area contributed by atoms with E-state index in [0.717, 1.165) is 16.3 Å². The van der Waals surface area contributed by atoms with Gasteiger partial charge in [-0.15, -0.1) is 0 Å². The Bertz CT molecular complexity index is 765. The second kappa shape index (κ2) is 7.08. The normalized spacial score (nSPS) is 23.6. The zero-order chi connectivity index (χ0) is 18.9. The molecule has 0 spiro atoms. The smallest absolute Gasteiger partial charge is 0.391 e.